The van der Waals surface area contributed by atoms with Crippen LogP contribution in [0.3, 0.4) is 0 Å². The van der Waals surface area contributed by atoms with Crippen LogP contribution in [0.5, 0.6) is 0 Å². The summed E-state index contributed by atoms with van der Waals surface area (Å²) in [5.41, 5.74) is 0. The van der Waals surface area contributed by atoms with E-state index in [9.17, 15) is 0 Å². The number of nitrogens with one attached hydrogen (secondary N) is 4. The SMILES string of the molecule is CC1CN(C)CC(C)N1.CC1CN(C)CCN1.CN1CC2CCCNC2C1.CN1CCNCC1. The second kappa shape index (κ2) is 16.4. The Bertz CT molecular complexity index is 468. The molecule has 0 aromatic carbocycles. The quantitative estimate of drug-likeness (QED) is 0.386. The Hall–Kier alpha value is -0.320. The van der Waals surface area contributed by atoms with Gasteiger partial charge < -0.3 is 40.9 Å². The molecule has 5 heterocycles. The highest BCUT2D eigenvalue weighted by molar-refractivity contribution is 4.90. The topological polar surface area (TPSA) is 61.1 Å². The molecule has 0 bridgehead atoms. The molecule has 0 radical (unpaired) electrons. The molecule has 5 aliphatic rings. The van der Waals surface area contributed by atoms with Crippen molar-refractivity contribution in [3.8, 4) is 0 Å². The Kier molecular flexibility index (Phi) is 14.5. The second-order valence-corrected chi connectivity index (χ2v) is 11.5. The van der Waals surface area contributed by atoms with Gasteiger partial charge in [-0.2, -0.15) is 0 Å². The number of fused-ring (bicyclic) bond motifs is 1. The highest BCUT2D eigenvalue weighted by Crippen LogP contribution is 2.23. The molecule has 5 aliphatic heterocycles. The summed E-state index contributed by atoms with van der Waals surface area (Å²) in [6.45, 7) is 21.2. The van der Waals surface area contributed by atoms with Crippen LogP contribution >= 0.6 is 0 Å². The minimum absolute atomic E-state index is 0.666. The number of piperazine rings is 3. The first kappa shape index (κ1) is 29.9. The van der Waals surface area contributed by atoms with Gasteiger partial charge in [-0.05, 0) is 74.3 Å². The first-order valence-corrected chi connectivity index (χ1v) is 13.9. The van der Waals surface area contributed by atoms with Gasteiger partial charge in [-0.25, -0.2) is 0 Å². The summed E-state index contributed by atoms with van der Waals surface area (Å²) in [5.74, 6) is 0.957. The Balaban J connectivity index is 0.000000162. The molecule has 8 nitrogen and oxygen atoms in total. The number of piperidine rings is 1. The van der Waals surface area contributed by atoms with E-state index in [1.54, 1.807) is 0 Å². The summed E-state index contributed by atoms with van der Waals surface area (Å²) in [6.07, 6.45) is 2.83. The summed E-state index contributed by atoms with van der Waals surface area (Å²) in [5, 5.41) is 13.7. The van der Waals surface area contributed by atoms with Crippen LogP contribution in [0, 0.1) is 5.92 Å². The molecule has 5 atom stereocenters. The fourth-order valence-electron chi connectivity index (χ4n) is 5.76. The van der Waals surface area contributed by atoms with E-state index >= 15 is 0 Å². The largest absolute Gasteiger partial charge is 0.314 e. The third-order valence-electron chi connectivity index (χ3n) is 7.43. The Morgan fingerprint density at radius 1 is 0.559 bits per heavy atom. The van der Waals surface area contributed by atoms with Crippen LogP contribution in [0.2, 0.25) is 0 Å². The summed E-state index contributed by atoms with van der Waals surface area (Å²) < 4.78 is 0. The Morgan fingerprint density at radius 3 is 1.62 bits per heavy atom. The van der Waals surface area contributed by atoms with Crippen LogP contribution in [-0.2, 0) is 0 Å². The third-order valence-corrected chi connectivity index (χ3v) is 7.43. The molecule has 0 aliphatic carbocycles. The van der Waals surface area contributed by atoms with Crippen LogP contribution in [0.15, 0.2) is 0 Å². The molecule has 5 rings (SSSR count). The predicted molar refractivity (Wildman–Crippen MR) is 147 cm³/mol. The van der Waals surface area contributed by atoms with Gasteiger partial charge in [0.15, 0.2) is 0 Å². The molecule has 5 saturated heterocycles. The molecule has 8 heteroatoms. The number of nitrogens with zero attached hydrogens (tertiary/aromatic N) is 4. The first-order chi connectivity index (χ1) is 16.2. The Morgan fingerprint density at radius 2 is 1.15 bits per heavy atom. The van der Waals surface area contributed by atoms with E-state index < -0.39 is 0 Å². The van der Waals surface area contributed by atoms with Gasteiger partial charge in [0.25, 0.3) is 0 Å². The van der Waals surface area contributed by atoms with Crippen molar-refractivity contribution >= 4 is 0 Å². The lowest BCUT2D eigenvalue weighted by Crippen LogP contribution is -2.52. The van der Waals surface area contributed by atoms with Gasteiger partial charge >= 0.3 is 0 Å². The maximum Gasteiger partial charge on any atom is 0.0235 e. The fourth-order valence-corrected chi connectivity index (χ4v) is 5.76. The lowest BCUT2D eigenvalue weighted by atomic mass is 9.94. The van der Waals surface area contributed by atoms with E-state index in [1.165, 1.54) is 71.7 Å². The van der Waals surface area contributed by atoms with Gasteiger partial charge in [0, 0.05) is 96.2 Å². The van der Waals surface area contributed by atoms with E-state index in [-0.39, 0.29) is 0 Å². The van der Waals surface area contributed by atoms with Gasteiger partial charge in [-0.15, -0.1) is 0 Å². The van der Waals surface area contributed by atoms with Crippen molar-refractivity contribution in [1.82, 2.24) is 40.9 Å². The summed E-state index contributed by atoms with van der Waals surface area (Å²) in [7, 11) is 8.71. The molecule has 0 spiro atoms. The molecule has 0 aromatic rings. The predicted octanol–water partition coefficient (Wildman–Crippen LogP) is 0.0297. The lowest BCUT2D eigenvalue weighted by molar-refractivity contribution is 0.208. The van der Waals surface area contributed by atoms with Crippen LogP contribution in [-0.4, -0.2) is 150 Å². The monoisotopic (exact) mass is 482 g/mol. The molecule has 5 fully saturated rings. The number of hydrogen-bond acceptors (Lipinski definition) is 8. The third kappa shape index (κ3) is 12.6. The smallest absolute Gasteiger partial charge is 0.0235 e. The highest BCUT2D eigenvalue weighted by Gasteiger charge is 2.31. The number of likely N-dealkylation sites (tertiary alicyclic amines) is 1. The molecule has 202 valence electrons. The normalized spacial score (nSPS) is 35.6. The van der Waals surface area contributed by atoms with Crippen molar-refractivity contribution in [1.29, 1.82) is 0 Å². The van der Waals surface area contributed by atoms with Crippen molar-refractivity contribution in [3.63, 3.8) is 0 Å². The van der Waals surface area contributed by atoms with Crippen LogP contribution < -0.4 is 21.3 Å². The van der Waals surface area contributed by atoms with Crippen LogP contribution in [0.4, 0.5) is 0 Å². The highest BCUT2D eigenvalue weighted by atomic mass is 15.2. The van der Waals surface area contributed by atoms with Crippen molar-refractivity contribution in [2.75, 3.05) is 107 Å². The van der Waals surface area contributed by atoms with Gasteiger partial charge in [0.1, 0.15) is 0 Å². The molecule has 34 heavy (non-hydrogen) atoms. The molecule has 0 aromatic heterocycles. The van der Waals surface area contributed by atoms with E-state index in [0.29, 0.717) is 18.1 Å². The average molecular weight is 483 g/mol. The summed E-state index contributed by atoms with van der Waals surface area (Å²) >= 11 is 0. The Labute approximate surface area is 211 Å². The second-order valence-electron chi connectivity index (χ2n) is 11.5. The summed E-state index contributed by atoms with van der Waals surface area (Å²) in [4.78, 5) is 9.48. The van der Waals surface area contributed by atoms with E-state index in [4.69, 9.17) is 0 Å². The van der Waals surface area contributed by atoms with Crippen molar-refractivity contribution in [2.24, 2.45) is 5.92 Å². The molecular weight excluding hydrogens is 424 g/mol. The van der Waals surface area contributed by atoms with E-state index in [2.05, 4.69) is 89.8 Å². The first-order valence-electron chi connectivity index (χ1n) is 13.9. The average Bonchev–Trinajstić information content (AvgIpc) is 3.15. The van der Waals surface area contributed by atoms with E-state index in [0.717, 1.165) is 31.6 Å². The zero-order valence-corrected chi connectivity index (χ0v) is 23.6. The van der Waals surface area contributed by atoms with Crippen molar-refractivity contribution in [2.45, 2.75) is 57.8 Å². The lowest BCUT2D eigenvalue weighted by Gasteiger charge is -2.33. The van der Waals surface area contributed by atoms with Gasteiger partial charge in [-0.1, -0.05) is 0 Å². The zero-order chi connectivity index (χ0) is 24.9. The minimum Gasteiger partial charge on any atom is -0.314 e. The van der Waals surface area contributed by atoms with Gasteiger partial charge in [0.2, 0.25) is 0 Å². The standard InChI is InChI=1S/C8H16N2.C7H16N2.C6H14N2.C5H12N2/c1-10-5-7-3-2-4-9-8(7)6-10;1-6-4-9(3)5-7(2)8-6;1-6-5-8(2)4-3-7-6;1-7-4-2-6-3-5-7/h7-9H,2-6H2,1H3;6-8H,4-5H2,1-3H3;6-7H,3-5H2,1-2H3;6H,2-5H2,1H3. The van der Waals surface area contributed by atoms with Gasteiger partial charge in [-0.3, -0.25) is 0 Å². The minimum atomic E-state index is 0.666. The summed E-state index contributed by atoms with van der Waals surface area (Å²) in [6, 6.07) is 2.84. The van der Waals surface area contributed by atoms with Crippen LogP contribution in [0.25, 0.3) is 0 Å². The maximum atomic E-state index is 3.57. The number of likely N-dealkylation sites (N-methyl/N-ethyl adjacent to an activating group) is 4. The number of rotatable bonds is 0. The number of hydrogen-bond donors (Lipinski definition) is 4. The van der Waals surface area contributed by atoms with Crippen molar-refractivity contribution < 1.29 is 0 Å². The molecule has 0 saturated carbocycles. The maximum absolute atomic E-state index is 3.57. The van der Waals surface area contributed by atoms with Crippen LogP contribution in [0.1, 0.15) is 33.6 Å². The van der Waals surface area contributed by atoms with Crippen molar-refractivity contribution in [3.05, 3.63) is 0 Å². The molecule has 0 amide bonds. The molecule has 5 unspecified atom stereocenters. The molecular formula is C26H58N8. The zero-order valence-electron chi connectivity index (χ0n) is 23.6. The molecule has 4 N–H and O–H groups in total. The fraction of sp³-hybridized carbons (Fsp3) is 1.00. The van der Waals surface area contributed by atoms with E-state index in [1.807, 2.05) is 0 Å². The van der Waals surface area contributed by atoms with Gasteiger partial charge in [0.05, 0.1) is 0 Å².